The summed E-state index contributed by atoms with van der Waals surface area (Å²) in [4.78, 5) is 3.64. The molecule has 0 spiro atoms. The van der Waals surface area contributed by atoms with Crippen LogP contribution in [0, 0.1) is 5.82 Å². The highest BCUT2D eigenvalue weighted by Crippen LogP contribution is 2.35. The predicted octanol–water partition coefficient (Wildman–Crippen LogP) is 4.39. The van der Waals surface area contributed by atoms with Crippen LogP contribution < -0.4 is 4.74 Å². The molecule has 156 valence electrons. The highest BCUT2D eigenvalue weighted by atomic mass is 19.4. The third-order valence-corrected chi connectivity index (χ3v) is 3.99. The maximum Gasteiger partial charge on any atom is 0.427 e. The van der Waals surface area contributed by atoms with E-state index in [1.807, 2.05) is 0 Å². The molecular weight excluding hydrogens is 406 g/mol. The number of pyridine rings is 2. The highest BCUT2D eigenvalue weighted by Gasteiger charge is 2.50. The van der Waals surface area contributed by atoms with Gasteiger partial charge in [0.25, 0.3) is 5.88 Å². The quantitative estimate of drug-likeness (QED) is 0.554. The number of halogens is 6. The Hall–Kier alpha value is -2.89. The third kappa shape index (κ3) is 4.42. The van der Waals surface area contributed by atoms with E-state index in [0.29, 0.717) is 11.2 Å². The number of hydrogen-bond acceptors (Lipinski definition) is 5. The average molecular weight is 420 g/mol. The van der Waals surface area contributed by atoms with E-state index in [0.717, 1.165) is 26.1 Å². The summed E-state index contributed by atoms with van der Waals surface area (Å²) < 4.78 is 87.8. The fourth-order valence-corrected chi connectivity index (χ4v) is 2.30. The summed E-state index contributed by atoms with van der Waals surface area (Å²) in [5, 5.41) is 7.53. The molecule has 0 aromatic carbocycles. The number of hydrogen-bond donors (Lipinski definition) is 0. The maximum absolute atomic E-state index is 14.3. The third-order valence-electron chi connectivity index (χ3n) is 3.99. The monoisotopic (exact) mass is 420 g/mol. The molecule has 12 heteroatoms. The molecule has 0 radical (unpaired) electrons. The van der Waals surface area contributed by atoms with Crippen molar-refractivity contribution in [1.29, 1.82) is 0 Å². The molecule has 0 unspecified atom stereocenters. The summed E-state index contributed by atoms with van der Waals surface area (Å²) in [7, 11) is 0. The minimum absolute atomic E-state index is 0.0856. The second-order valence-corrected chi connectivity index (χ2v) is 6.45. The van der Waals surface area contributed by atoms with Gasteiger partial charge >= 0.3 is 12.8 Å². The molecule has 0 aliphatic heterocycles. The van der Waals surface area contributed by atoms with Crippen molar-refractivity contribution >= 4 is 5.65 Å². The molecule has 3 heterocycles. The van der Waals surface area contributed by atoms with E-state index in [4.69, 9.17) is 4.74 Å². The number of fused-ring (bicyclic) bond motifs is 1. The van der Waals surface area contributed by atoms with Crippen LogP contribution in [0.2, 0.25) is 0 Å². The van der Waals surface area contributed by atoms with Crippen LogP contribution >= 0.6 is 0 Å². The van der Waals surface area contributed by atoms with E-state index in [2.05, 4.69) is 19.9 Å². The van der Waals surface area contributed by atoms with Crippen molar-refractivity contribution in [2.24, 2.45) is 0 Å². The van der Waals surface area contributed by atoms with Gasteiger partial charge in [-0.25, -0.2) is 9.37 Å². The molecule has 0 aliphatic carbocycles. The van der Waals surface area contributed by atoms with E-state index >= 15 is 0 Å². The minimum Gasteiger partial charge on any atom is -0.460 e. The Balaban J connectivity index is 1.90. The van der Waals surface area contributed by atoms with Gasteiger partial charge < -0.3 is 9.47 Å². The number of aromatic nitrogens is 4. The van der Waals surface area contributed by atoms with Crippen LogP contribution in [0.15, 0.2) is 30.6 Å². The van der Waals surface area contributed by atoms with Gasteiger partial charge in [-0.3, -0.25) is 4.40 Å². The Bertz CT molecular complexity index is 1020. The van der Waals surface area contributed by atoms with Crippen LogP contribution in [-0.4, -0.2) is 38.0 Å². The van der Waals surface area contributed by atoms with Crippen LogP contribution in [-0.2, 0) is 11.3 Å². The van der Waals surface area contributed by atoms with Crippen LogP contribution in [0.25, 0.3) is 16.8 Å². The Kier molecular flexibility index (Phi) is 5.39. The summed E-state index contributed by atoms with van der Waals surface area (Å²) in [5.74, 6) is -1.81. The lowest BCUT2D eigenvalue weighted by Crippen LogP contribution is -2.45. The predicted molar refractivity (Wildman–Crippen MR) is 87.7 cm³/mol. The lowest BCUT2D eigenvalue weighted by Gasteiger charge is -2.28. The summed E-state index contributed by atoms with van der Waals surface area (Å²) in [6.07, 6.45) is -2.15. The van der Waals surface area contributed by atoms with Crippen LogP contribution in [0.5, 0.6) is 5.88 Å². The lowest BCUT2D eigenvalue weighted by atomic mass is 10.1. The molecule has 0 saturated carbocycles. The van der Waals surface area contributed by atoms with Gasteiger partial charge in [0.1, 0.15) is 6.61 Å². The fraction of sp³-hybridized carbons (Fsp3) is 0.353. The highest BCUT2D eigenvalue weighted by molar-refractivity contribution is 5.64. The van der Waals surface area contributed by atoms with Crippen molar-refractivity contribution in [3.8, 4) is 17.0 Å². The lowest BCUT2D eigenvalue weighted by molar-refractivity contribution is -0.235. The molecule has 29 heavy (non-hydrogen) atoms. The van der Waals surface area contributed by atoms with E-state index in [9.17, 15) is 26.3 Å². The second-order valence-electron chi connectivity index (χ2n) is 6.45. The van der Waals surface area contributed by atoms with Crippen LogP contribution in [0.3, 0.4) is 0 Å². The standard InChI is InChI=1S/C17H14F6N4O2/c1-16(2,17(21,22)23)29-14-11(18)5-10(6-24-14)9-3-4-12-25-26-13(27(12)7-9)8-28-15(19)20/h3-7,15H,8H2,1-2H3. The van der Waals surface area contributed by atoms with E-state index in [1.165, 1.54) is 16.7 Å². The fourth-order valence-electron chi connectivity index (χ4n) is 2.30. The van der Waals surface area contributed by atoms with Gasteiger partial charge in [-0.05, 0) is 32.0 Å². The van der Waals surface area contributed by atoms with Gasteiger partial charge in [0.15, 0.2) is 22.9 Å². The Labute approximate surface area is 160 Å². The molecule has 0 fully saturated rings. The number of nitrogens with zero attached hydrogens (tertiary/aromatic N) is 4. The molecule has 0 saturated heterocycles. The second kappa shape index (κ2) is 7.50. The van der Waals surface area contributed by atoms with Crippen molar-refractivity contribution in [3.63, 3.8) is 0 Å². The smallest absolute Gasteiger partial charge is 0.427 e. The van der Waals surface area contributed by atoms with Gasteiger partial charge in [0, 0.05) is 23.5 Å². The van der Waals surface area contributed by atoms with Gasteiger partial charge in [0.2, 0.25) is 0 Å². The van der Waals surface area contributed by atoms with Crippen molar-refractivity contribution in [2.45, 2.75) is 38.8 Å². The zero-order valence-electron chi connectivity index (χ0n) is 15.0. The topological polar surface area (TPSA) is 61.5 Å². The summed E-state index contributed by atoms with van der Waals surface area (Å²) in [6.45, 7) is -1.98. The van der Waals surface area contributed by atoms with Gasteiger partial charge in [-0.15, -0.1) is 10.2 Å². The van der Waals surface area contributed by atoms with Crippen molar-refractivity contribution in [2.75, 3.05) is 0 Å². The molecule has 0 bridgehead atoms. The number of rotatable bonds is 6. The van der Waals surface area contributed by atoms with Crippen LogP contribution in [0.4, 0.5) is 26.3 Å². The van der Waals surface area contributed by atoms with Gasteiger partial charge in [0.05, 0.1) is 0 Å². The molecule has 3 rings (SSSR count). The summed E-state index contributed by atoms with van der Waals surface area (Å²) >= 11 is 0. The Morgan fingerprint density at radius 2 is 1.83 bits per heavy atom. The molecule has 3 aromatic heterocycles. The van der Waals surface area contributed by atoms with E-state index in [1.54, 1.807) is 6.07 Å². The first-order valence-corrected chi connectivity index (χ1v) is 8.13. The first-order chi connectivity index (χ1) is 13.5. The summed E-state index contributed by atoms with van der Waals surface area (Å²) in [5.41, 5.74) is -1.69. The maximum atomic E-state index is 14.3. The zero-order chi connectivity index (χ0) is 21.4. The minimum atomic E-state index is -4.73. The Morgan fingerprint density at radius 3 is 2.45 bits per heavy atom. The summed E-state index contributed by atoms with van der Waals surface area (Å²) in [6, 6.07) is 4.00. The number of ether oxygens (including phenoxy) is 2. The first kappa shape index (κ1) is 20.8. The molecule has 3 aromatic rings. The molecular formula is C17H14F6N4O2. The molecule has 0 aliphatic rings. The van der Waals surface area contributed by atoms with Crippen LogP contribution in [0.1, 0.15) is 19.7 Å². The van der Waals surface area contributed by atoms with Crippen molar-refractivity contribution < 1.29 is 35.8 Å². The zero-order valence-corrected chi connectivity index (χ0v) is 15.0. The average Bonchev–Trinajstić information content (AvgIpc) is 3.02. The normalized spacial score (nSPS) is 12.7. The molecule has 0 amide bonds. The Morgan fingerprint density at radius 1 is 1.10 bits per heavy atom. The van der Waals surface area contributed by atoms with Gasteiger partial charge in [-0.1, -0.05) is 0 Å². The SMILES string of the molecule is CC(C)(Oc1ncc(-c2ccc3nnc(COC(F)F)n3c2)cc1F)C(F)(F)F. The van der Waals surface area contributed by atoms with Gasteiger partial charge in [-0.2, -0.15) is 22.0 Å². The van der Waals surface area contributed by atoms with Crippen molar-refractivity contribution in [3.05, 3.63) is 42.2 Å². The molecule has 0 N–H and O–H groups in total. The molecule has 6 nitrogen and oxygen atoms in total. The van der Waals surface area contributed by atoms with E-state index < -0.39 is 36.7 Å². The molecule has 0 atom stereocenters. The largest absolute Gasteiger partial charge is 0.460 e. The van der Waals surface area contributed by atoms with Crippen molar-refractivity contribution in [1.82, 2.24) is 19.6 Å². The first-order valence-electron chi connectivity index (χ1n) is 8.13. The van der Waals surface area contributed by atoms with E-state index in [-0.39, 0.29) is 11.4 Å². The number of alkyl halides is 5.